The van der Waals surface area contributed by atoms with Crippen molar-refractivity contribution < 1.29 is 9.53 Å². The zero-order chi connectivity index (χ0) is 17.7. The molecule has 0 aliphatic heterocycles. The molecule has 0 heterocycles. The highest BCUT2D eigenvalue weighted by Crippen LogP contribution is 2.28. The van der Waals surface area contributed by atoms with Crippen molar-refractivity contribution in [1.29, 1.82) is 0 Å². The summed E-state index contributed by atoms with van der Waals surface area (Å²) in [5, 5.41) is 5.86. The highest BCUT2D eigenvalue weighted by molar-refractivity contribution is 9.11. The molecule has 126 valence electrons. The van der Waals surface area contributed by atoms with Crippen LogP contribution in [0.25, 0.3) is 0 Å². The Hall–Kier alpha value is -1.44. The number of halogens is 2. The lowest BCUT2D eigenvalue weighted by molar-refractivity contribution is -0.121. The van der Waals surface area contributed by atoms with Crippen LogP contribution in [0.4, 0.5) is 5.69 Å². The lowest BCUT2D eigenvalue weighted by atomic mass is 10.1. The molecule has 0 aliphatic rings. The molecule has 4 nitrogen and oxygen atoms in total. The van der Waals surface area contributed by atoms with E-state index in [-0.39, 0.29) is 17.6 Å². The van der Waals surface area contributed by atoms with E-state index < -0.39 is 0 Å². The lowest BCUT2D eigenvalue weighted by Gasteiger charge is -2.13. The maximum atomic E-state index is 11.9. The van der Waals surface area contributed by atoms with Gasteiger partial charge in [-0.05, 0) is 71.8 Å². The summed E-state index contributed by atoms with van der Waals surface area (Å²) in [5.41, 5.74) is 3.09. The molecule has 0 saturated carbocycles. The Morgan fingerprint density at radius 1 is 1.17 bits per heavy atom. The molecule has 0 radical (unpaired) electrons. The van der Waals surface area contributed by atoms with Gasteiger partial charge in [0.1, 0.15) is 5.75 Å². The fraction of sp³-hybridized carbons (Fsp3) is 0.176. The maximum absolute atomic E-state index is 11.9. The summed E-state index contributed by atoms with van der Waals surface area (Å²) in [6, 6.07) is 11.4. The maximum Gasteiger partial charge on any atom is 0.264 e. The van der Waals surface area contributed by atoms with Crippen LogP contribution < -0.4 is 15.4 Å². The van der Waals surface area contributed by atoms with Gasteiger partial charge in [0, 0.05) is 10.2 Å². The molecule has 2 aromatic rings. The van der Waals surface area contributed by atoms with Crippen molar-refractivity contribution in [3.05, 3.63) is 56.5 Å². The fourth-order valence-electron chi connectivity index (χ4n) is 2.01. The number of carbonyl (C=O) groups excluding carboxylic acids is 1. The first-order chi connectivity index (χ1) is 11.3. The average Bonchev–Trinajstić information content (AvgIpc) is 2.49. The van der Waals surface area contributed by atoms with Gasteiger partial charge in [-0.2, -0.15) is 0 Å². The van der Waals surface area contributed by atoms with Crippen LogP contribution in [-0.4, -0.2) is 17.6 Å². The van der Waals surface area contributed by atoms with Crippen molar-refractivity contribution in [3.8, 4) is 5.75 Å². The largest absolute Gasteiger partial charge is 0.483 e. The van der Waals surface area contributed by atoms with E-state index in [4.69, 9.17) is 17.0 Å². The van der Waals surface area contributed by atoms with Crippen molar-refractivity contribution in [1.82, 2.24) is 5.32 Å². The number of aryl methyl sites for hydroxylation is 2. The Bertz CT molecular complexity index is 781. The minimum atomic E-state index is -0.327. The number of nitrogens with one attached hydrogen (secondary N) is 2. The number of rotatable bonds is 4. The lowest BCUT2D eigenvalue weighted by Crippen LogP contribution is -2.37. The number of hydrogen-bond donors (Lipinski definition) is 2. The summed E-state index contributed by atoms with van der Waals surface area (Å²) < 4.78 is 7.16. The van der Waals surface area contributed by atoms with Gasteiger partial charge in [0.2, 0.25) is 0 Å². The van der Waals surface area contributed by atoms with E-state index in [0.717, 1.165) is 20.2 Å². The molecule has 1 amide bonds. The van der Waals surface area contributed by atoms with Crippen molar-refractivity contribution >= 4 is 60.8 Å². The Balaban J connectivity index is 1.86. The molecule has 24 heavy (non-hydrogen) atoms. The number of carbonyl (C=O) groups is 1. The van der Waals surface area contributed by atoms with Crippen molar-refractivity contribution in [3.63, 3.8) is 0 Å². The van der Waals surface area contributed by atoms with Crippen molar-refractivity contribution in [2.24, 2.45) is 0 Å². The van der Waals surface area contributed by atoms with E-state index in [1.165, 1.54) is 5.56 Å². The van der Waals surface area contributed by atoms with Crippen LogP contribution in [0, 0.1) is 13.8 Å². The highest BCUT2D eigenvalue weighted by Gasteiger charge is 2.09. The number of anilines is 1. The van der Waals surface area contributed by atoms with Gasteiger partial charge < -0.3 is 10.1 Å². The zero-order valence-corrected chi connectivity index (χ0v) is 17.1. The van der Waals surface area contributed by atoms with Crippen LogP contribution in [0.1, 0.15) is 11.1 Å². The predicted molar refractivity (Wildman–Crippen MR) is 108 cm³/mol. The topological polar surface area (TPSA) is 50.4 Å². The standard InChI is InChI=1S/C17H16Br2N2O2S/c1-10-3-5-14(11(2)7-10)20-17(24)21-16(22)9-23-15-6-4-12(18)8-13(15)19/h3-8H,9H2,1-2H3,(H2,20,21,22,24). The van der Waals surface area contributed by atoms with Gasteiger partial charge in [-0.3, -0.25) is 10.1 Å². The predicted octanol–water partition coefficient (Wildman–Crippen LogP) is 4.72. The van der Waals surface area contributed by atoms with Gasteiger partial charge in [0.25, 0.3) is 5.91 Å². The Morgan fingerprint density at radius 2 is 1.92 bits per heavy atom. The molecular weight excluding hydrogens is 456 g/mol. The van der Waals surface area contributed by atoms with Gasteiger partial charge >= 0.3 is 0 Å². The van der Waals surface area contributed by atoms with E-state index in [2.05, 4.69) is 42.5 Å². The smallest absolute Gasteiger partial charge is 0.264 e. The normalized spacial score (nSPS) is 10.2. The molecule has 0 aromatic heterocycles. The first-order valence-electron chi connectivity index (χ1n) is 7.11. The quantitative estimate of drug-likeness (QED) is 0.633. The number of thiocarbonyl (C=S) groups is 1. The van der Waals surface area contributed by atoms with Crippen molar-refractivity contribution in [2.75, 3.05) is 11.9 Å². The molecule has 0 unspecified atom stereocenters. The van der Waals surface area contributed by atoms with Crippen LogP contribution in [0.2, 0.25) is 0 Å². The number of ether oxygens (including phenoxy) is 1. The summed E-state index contributed by atoms with van der Waals surface area (Å²) in [6.45, 7) is 3.87. The van der Waals surface area contributed by atoms with E-state index >= 15 is 0 Å². The van der Waals surface area contributed by atoms with Crippen molar-refractivity contribution in [2.45, 2.75) is 13.8 Å². The molecule has 0 fully saturated rings. The summed E-state index contributed by atoms with van der Waals surface area (Å²) in [5.74, 6) is 0.258. The number of amides is 1. The third-order valence-corrected chi connectivity index (χ3v) is 4.45. The molecule has 2 aromatic carbocycles. The minimum absolute atomic E-state index is 0.130. The van der Waals surface area contributed by atoms with E-state index in [0.29, 0.717) is 5.75 Å². The molecular formula is C17H16Br2N2O2S. The Labute approximate surface area is 163 Å². The molecule has 0 aliphatic carbocycles. The van der Waals surface area contributed by atoms with Gasteiger partial charge in [-0.25, -0.2) is 0 Å². The van der Waals surface area contributed by atoms with Crippen LogP contribution in [0.5, 0.6) is 5.75 Å². The first-order valence-corrected chi connectivity index (χ1v) is 9.10. The summed E-state index contributed by atoms with van der Waals surface area (Å²) in [6.07, 6.45) is 0. The number of hydrogen-bond acceptors (Lipinski definition) is 3. The van der Waals surface area contributed by atoms with Crippen LogP contribution >= 0.6 is 44.1 Å². The van der Waals surface area contributed by atoms with Gasteiger partial charge in [-0.15, -0.1) is 0 Å². The van der Waals surface area contributed by atoms with E-state index in [9.17, 15) is 4.79 Å². The average molecular weight is 472 g/mol. The molecule has 0 saturated heterocycles. The van der Waals surface area contributed by atoms with Gasteiger partial charge in [0.05, 0.1) is 4.47 Å². The van der Waals surface area contributed by atoms with E-state index in [1.807, 2.05) is 44.2 Å². The second-order valence-electron chi connectivity index (χ2n) is 5.18. The SMILES string of the molecule is Cc1ccc(NC(=S)NC(=O)COc2ccc(Br)cc2Br)c(C)c1. The molecule has 0 bridgehead atoms. The van der Waals surface area contributed by atoms with Crippen LogP contribution in [0.3, 0.4) is 0 Å². The number of benzene rings is 2. The Kier molecular flexibility index (Phi) is 6.77. The first kappa shape index (κ1) is 18.9. The van der Waals surface area contributed by atoms with E-state index in [1.54, 1.807) is 6.07 Å². The minimum Gasteiger partial charge on any atom is -0.483 e. The molecule has 2 rings (SSSR count). The fourth-order valence-corrected chi connectivity index (χ4v) is 3.39. The second-order valence-corrected chi connectivity index (χ2v) is 7.36. The molecule has 2 N–H and O–H groups in total. The second kappa shape index (κ2) is 8.60. The van der Waals surface area contributed by atoms with Gasteiger partial charge in [0.15, 0.2) is 11.7 Å². The summed E-state index contributed by atoms with van der Waals surface area (Å²) in [7, 11) is 0. The van der Waals surface area contributed by atoms with Crippen LogP contribution in [-0.2, 0) is 4.79 Å². The zero-order valence-electron chi connectivity index (χ0n) is 13.2. The van der Waals surface area contributed by atoms with Gasteiger partial charge in [-0.1, -0.05) is 33.6 Å². The Morgan fingerprint density at radius 3 is 2.58 bits per heavy atom. The third-order valence-electron chi connectivity index (χ3n) is 3.14. The molecule has 0 atom stereocenters. The van der Waals surface area contributed by atoms with Crippen LogP contribution in [0.15, 0.2) is 45.3 Å². The summed E-state index contributed by atoms with van der Waals surface area (Å²) >= 11 is 11.9. The third kappa shape index (κ3) is 5.58. The molecule has 7 heteroatoms. The summed E-state index contributed by atoms with van der Waals surface area (Å²) in [4.78, 5) is 11.9. The molecule has 0 spiro atoms. The monoisotopic (exact) mass is 470 g/mol. The highest BCUT2D eigenvalue weighted by atomic mass is 79.9.